The molecule has 1 aromatic rings. The summed E-state index contributed by atoms with van der Waals surface area (Å²) in [5.74, 6) is 0.706. The molecule has 3 rings (SSSR count). The molecule has 0 bridgehead atoms. The summed E-state index contributed by atoms with van der Waals surface area (Å²) in [4.78, 5) is 0. The fraction of sp³-hybridized carbons (Fsp3) is 0.647. The van der Waals surface area contributed by atoms with Gasteiger partial charge in [-0.3, -0.25) is 0 Å². The van der Waals surface area contributed by atoms with Crippen LogP contribution in [0.1, 0.15) is 39.2 Å². The molecule has 1 saturated carbocycles. The molecule has 2 fully saturated rings. The molecule has 4 atom stereocenters. The van der Waals surface area contributed by atoms with Crippen LogP contribution in [0.25, 0.3) is 0 Å². The fourth-order valence-electron chi connectivity index (χ4n) is 3.11. The van der Waals surface area contributed by atoms with Crippen LogP contribution in [0.15, 0.2) is 30.3 Å². The molecule has 1 aromatic carbocycles. The second-order valence-electron chi connectivity index (χ2n) is 7.01. The van der Waals surface area contributed by atoms with Gasteiger partial charge < -0.3 is 9.47 Å². The monoisotopic (exact) mass is 260 g/mol. The highest BCUT2D eigenvalue weighted by Gasteiger charge is 2.52. The van der Waals surface area contributed by atoms with Crippen LogP contribution < -0.4 is 0 Å². The fourth-order valence-corrected chi connectivity index (χ4v) is 3.11. The third-order valence-corrected chi connectivity index (χ3v) is 4.55. The van der Waals surface area contributed by atoms with Crippen molar-refractivity contribution < 1.29 is 9.47 Å². The van der Waals surface area contributed by atoms with Crippen LogP contribution in [0, 0.1) is 11.3 Å². The Labute approximate surface area is 116 Å². The minimum absolute atomic E-state index is 0.281. The molecule has 2 nitrogen and oxygen atoms in total. The molecule has 0 N–H and O–H groups in total. The van der Waals surface area contributed by atoms with E-state index in [9.17, 15) is 0 Å². The highest BCUT2D eigenvalue weighted by atomic mass is 16.6. The largest absolute Gasteiger partial charge is 0.371 e. The van der Waals surface area contributed by atoms with Gasteiger partial charge in [0.05, 0.1) is 18.8 Å². The minimum atomic E-state index is 0.281. The van der Waals surface area contributed by atoms with Crippen molar-refractivity contribution in [3.05, 3.63) is 35.9 Å². The topological polar surface area (TPSA) is 21.8 Å². The van der Waals surface area contributed by atoms with Crippen molar-refractivity contribution in [2.24, 2.45) is 11.3 Å². The molecule has 0 aromatic heterocycles. The number of hydrogen-bond donors (Lipinski definition) is 0. The number of rotatable bonds is 3. The van der Waals surface area contributed by atoms with E-state index in [0.29, 0.717) is 30.1 Å². The van der Waals surface area contributed by atoms with Crippen molar-refractivity contribution in [2.75, 3.05) is 0 Å². The standard InChI is InChI=1S/C17H24O2/c1-17(2,3)13-9-14(16-15(10-13)19-16)18-11-12-7-5-4-6-8-12/h4-8,13-16H,9-11H2,1-3H3/t13-,14-,15+,16+/m1/s1. The average Bonchev–Trinajstić information content (AvgIpc) is 3.15. The predicted octanol–water partition coefficient (Wildman–Crippen LogP) is 3.80. The first-order chi connectivity index (χ1) is 9.04. The van der Waals surface area contributed by atoms with Gasteiger partial charge in [-0.2, -0.15) is 0 Å². The van der Waals surface area contributed by atoms with E-state index in [-0.39, 0.29) is 6.10 Å². The van der Waals surface area contributed by atoms with Gasteiger partial charge in [-0.15, -0.1) is 0 Å². The molecule has 19 heavy (non-hydrogen) atoms. The first-order valence-corrected chi connectivity index (χ1v) is 7.35. The molecule has 2 heteroatoms. The van der Waals surface area contributed by atoms with Gasteiger partial charge in [0, 0.05) is 0 Å². The summed E-state index contributed by atoms with van der Waals surface area (Å²) in [6, 6.07) is 10.4. The Morgan fingerprint density at radius 2 is 1.89 bits per heavy atom. The van der Waals surface area contributed by atoms with E-state index in [0.717, 1.165) is 6.42 Å². The Bertz CT molecular complexity index is 421. The van der Waals surface area contributed by atoms with Crippen LogP contribution >= 0.6 is 0 Å². The van der Waals surface area contributed by atoms with Crippen molar-refractivity contribution in [2.45, 2.75) is 58.5 Å². The quantitative estimate of drug-likeness (QED) is 0.771. The van der Waals surface area contributed by atoms with Crippen molar-refractivity contribution >= 4 is 0 Å². The smallest absolute Gasteiger partial charge is 0.110 e. The highest BCUT2D eigenvalue weighted by Crippen LogP contribution is 2.47. The van der Waals surface area contributed by atoms with Crippen molar-refractivity contribution in [1.29, 1.82) is 0 Å². The molecule has 1 aliphatic heterocycles. The van der Waals surface area contributed by atoms with Crippen molar-refractivity contribution in [3.63, 3.8) is 0 Å². The normalized spacial score (nSPS) is 33.8. The van der Waals surface area contributed by atoms with Gasteiger partial charge >= 0.3 is 0 Å². The van der Waals surface area contributed by atoms with E-state index in [1.54, 1.807) is 0 Å². The SMILES string of the molecule is CC(C)(C)[C@H]1C[C@@H]2O[C@H]2[C@H](OCc2ccccc2)C1. The number of hydrogen-bond acceptors (Lipinski definition) is 2. The molecular weight excluding hydrogens is 236 g/mol. The number of ether oxygens (including phenoxy) is 2. The van der Waals surface area contributed by atoms with Gasteiger partial charge in [-0.1, -0.05) is 51.1 Å². The van der Waals surface area contributed by atoms with Gasteiger partial charge in [0.25, 0.3) is 0 Å². The molecular formula is C17H24O2. The zero-order valence-corrected chi connectivity index (χ0v) is 12.1. The molecule has 1 heterocycles. The van der Waals surface area contributed by atoms with Gasteiger partial charge in [-0.25, -0.2) is 0 Å². The zero-order chi connectivity index (χ0) is 13.5. The summed E-state index contributed by atoms with van der Waals surface area (Å²) < 4.78 is 11.9. The molecule has 0 unspecified atom stereocenters. The lowest BCUT2D eigenvalue weighted by Gasteiger charge is -2.35. The zero-order valence-electron chi connectivity index (χ0n) is 12.1. The minimum Gasteiger partial charge on any atom is -0.371 e. The lowest BCUT2D eigenvalue weighted by molar-refractivity contribution is -0.0108. The Hall–Kier alpha value is -0.860. The van der Waals surface area contributed by atoms with E-state index >= 15 is 0 Å². The van der Waals surface area contributed by atoms with Crippen LogP contribution in [0.4, 0.5) is 0 Å². The lowest BCUT2D eigenvalue weighted by atomic mass is 9.71. The van der Waals surface area contributed by atoms with Gasteiger partial charge in [0.1, 0.15) is 6.10 Å². The van der Waals surface area contributed by atoms with Gasteiger partial charge in [0.15, 0.2) is 0 Å². The van der Waals surface area contributed by atoms with Crippen LogP contribution in [-0.2, 0) is 16.1 Å². The Balaban J connectivity index is 1.59. The predicted molar refractivity (Wildman–Crippen MR) is 75.9 cm³/mol. The maximum Gasteiger partial charge on any atom is 0.110 e. The summed E-state index contributed by atoms with van der Waals surface area (Å²) in [5.41, 5.74) is 1.60. The molecule has 1 saturated heterocycles. The van der Waals surface area contributed by atoms with E-state index in [1.807, 2.05) is 6.07 Å². The first kappa shape index (κ1) is 13.1. The summed E-state index contributed by atoms with van der Waals surface area (Å²) in [6.07, 6.45) is 3.45. The molecule has 1 aliphatic carbocycles. The molecule has 104 valence electrons. The lowest BCUT2D eigenvalue weighted by Crippen LogP contribution is -2.35. The third kappa shape index (κ3) is 3.01. The van der Waals surface area contributed by atoms with E-state index in [1.165, 1.54) is 12.0 Å². The van der Waals surface area contributed by atoms with E-state index in [2.05, 4.69) is 45.0 Å². The highest BCUT2D eigenvalue weighted by molar-refractivity contribution is 5.13. The second kappa shape index (κ2) is 4.92. The summed E-state index contributed by atoms with van der Waals surface area (Å²) >= 11 is 0. The summed E-state index contributed by atoms with van der Waals surface area (Å²) in [5, 5.41) is 0. The number of fused-ring (bicyclic) bond motifs is 1. The Morgan fingerprint density at radius 3 is 2.58 bits per heavy atom. The van der Waals surface area contributed by atoms with Crippen molar-refractivity contribution in [3.8, 4) is 0 Å². The average molecular weight is 260 g/mol. The Morgan fingerprint density at radius 1 is 1.16 bits per heavy atom. The van der Waals surface area contributed by atoms with Crippen LogP contribution in [0.2, 0.25) is 0 Å². The van der Waals surface area contributed by atoms with Gasteiger partial charge in [-0.05, 0) is 29.7 Å². The Kier molecular flexibility index (Phi) is 3.40. The van der Waals surface area contributed by atoms with Crippen LogP contribution in [0.5, 0.6) is 0 Å². The number of epoxide rings is 1. The van der Waals surface area contributed by atoms with Crippen LogP contribution in [0.3, 0.4) is 0 Å². The maximum absolute atomic E-state index is 6.12. The van der Waals surface area contributed by atoms with Gasteiger partial charge in [0.2, 0.25) is 0 Å². The number of benzene rings is 1. The van der Waals surface area contributed by atoms with E-state index < -0.39 is 0 Å². The van der Waals surface area contributed by atoms with Crippen LogP contribution in [-0.4, -0.2) is 18.3 Å². The van der Waals surface area contributed by atoms with Crippen molar-refractivity contribution in [1.82, 2.24) is 0 Å². The summed E-state index contributed by atoms with van der Waals surface area (Å²) in [6.45, 7) is 7.69. The second-order valence-corrected chi connectivity index (χ2v) is 7.01. The van der Waals surface area contributed by atoms with E-state index in [4.69, 9.17) is 9.47 Å². The maximum atomic E-state index is 6.12. The summed E-state index contributed by atoms with van der Waals surface area (Å²) in [7, 11) is 0. The molecule has 0 amide bonds. The molecule has 0 spiro atoms. The first-order valence-electron chi connectivity index (χ1n) is 7.35. The molecule has 0 radical (unpaired) electrons. The molecule has 2 aliphatic rings. The third-order valence-electron chi connectivity index (χ3n) is 4.55.